The fourth-order valence-electron chi connectivity index (χ4n) is 5.98. The lowest BCUT2D eigenvalue weighted by Gasteiger charge is -2.35. The summed E-state index contributed by atoms with van der Waals surface area (Å²) in [6, 6.07) is 9.70. The van der Waals surface area contributed by atoms with Gasteiger partial charge in [-0.05, 0) is 63.7 Å². The Morgan fingerprint density at radius 2 is 1.79 bits per heavy atom. The Balaban J connectivity index is 1.33. The van der Waals surface area contributed by atoms with E-state index >= 15 is 0 Å². The number of nitrogens with one attached hydrogen (secondary N) is 2. The molecule has 2 N–H and O–H groups in total. The molecule has 236 valence electrons. The van der Waals surface area contributed by atoms with E-state index in [0.717, 1.165) is 44.1 Å². The van der Waals surface area contributed by atoms with E-state index in [0.29, 0.717) is 17.4 Å². The van der Waals surface area contributed by atoms with E-state index in [9.17, 15) is 9.59 Å². The predicted molar refractivity (Wildman–Crippen MR) is 173 cm³/mol. The number of methoxy groups -OCH3 is 1. The highest BCUT2D eigenvalue weighted by Crippen LogP contribution is 2.28. The third kappa shape index (κ3) is 10.7. The van der Waals surface area contributed by atoms with Crippen LogP contribution in [0.25, 0.3) is 0 Å². The fraction of sp³-hybridized carbons (Fsp3) is 0.750. The lowest BCUT2D eigenvalue weighted by atomic mass is 9.91. The monoisotopic (exact) mass is 620 g/mol. The first-order valence-electron chi connectivity index (χ1n) is 15.7. The standard InChI is InChI=1S/C32H52N4O4S2/c1-32(2,3)40-31(39-4)36-23-42-22-28(36)30(38)34-27(21-41-20-25-13-9-6-10-14-25)29(37)33-26-15-17-35(18-16-26)19-24-11-7-5-8-12-24/h5,7-8,11-12,25-28,31H,6,9-10,13-23H2,1-4H3,(H,33,37)(H,34,38)/t27-,28-,31?/m0/s1. The van der Waals surface area contributed by atoms with Crippen molar-refractivity contribution >= 4 is 35.3 Å². The van der Waals surface area contributed by atoms with Crippen molar-refractivity contribution in [2.24, 2.45) is 5.92 Å². The third-order valence-electron chi connectivity index (χ3n) is 8.32. The van der Waals surface area contributed by atoms with Gasteiger partial charge in [0.25, 0.3) is 0 Å². The molecule has 8 nitrogen and oxygen atoms in total. The van der Waals surface area contributed by atoms with E-state index in [1.165, 1.54) is 37.7 Å². The highest BCUT2D eigenvalue weighted by Gasteiger charge is 2.39. The van der Waals surface area contributed by atoms with Crippen LogP contribution < -0.4 is 10.6 Å². The Morgan fingerprint density at radius 3 is 2.45 bits per heavy atom. The number of carbonyl (C=O) groups is 2. The molecule has 4 rings (SSSR count). The normalized spacial score (nSPS) is 23.0. The van der Waals surface area contributed by atoms with Crippen LogP contribution in [0.3, 0.4) is 0 Å². The highest BCUT2D eigenvalue weighted by atomic mass is 32.2. The van der Waals surface area contributed by atoms with Gasteiger partial charge in [0.2, 0.25) is 18.2 Å². The largest absolute Gasteiger partial charge is 0.351 e. The minimum atomic E-state index is -0.621. The van der Waals surface area contributed by atoms with Gasteiger partial charge in [-0.15, -0.1) is 11.8 Å². The fourth-order valence-corrected chi connectivity index (χ4v) is 8.44. The number of benzene rings is 1. The number of piperidine rings is 1. The van der Waals surface area contributed by atoms with Crippen LogP contribution in [-0.2, 0) is 25.6 Å². The number of rotatable bonds is 13. The number of thioether (sulfide) groups is 2. The van der Waals surface area contributed by atoms with Gasteiger partial charge >= 0.3 is 0 Å². The molecule has 2 saturated heterocycles. The second-order valence-electron chi connectivity index (χ2n) is 13.0. The molecule has 3 atom stereocenters. The van der Waals surface area contributed by atoms with Crippen molar-refractivity contribution in [3.05, 3.63) is 35.9 Å². The van der Waals surface area contributed by atoms with Crippen LogP contribution in [-0.4, -0.2) is 95.1 Å². The van der Waals surface area contributed by atoms with Gasteiger partial charge in [-0.2, -0.15) is 11.8 Å². The van der Waals surface area contributed by atoms with Crippen LogP contribution in [0, 0.1) is 5.92 Å². The predicted octanol–water partition coefficient (Wildman–Crippen LogP) is 4.69. The first kappa shape index (κ1) is 33.6. The Kier molecular flexibility index (Phi) is 13.3. The average molecular weight is 621 g/mol. The maximum absolute atomic E-state index is 13.7. The molecule has 1 aromatic rings. The molecule has 3 fully saturated rings. The summed E-state index contributed by atoms with van der Waals surface area (Å²) in [6.07, 6.45) is 7.72. The molecule has 42 heavy (non-hydrogen) atoms. The van der Waals surface area contributed by atoms with Crippen molar-refractivity contribution in [1.82, 2.24) is 20.4 Å². The Hall–Kier alpha value is -1.30. The molecule has 1 saturated carbocycles. The van der Waals surface area contributed by atoms with Crippen LogP contribution in [0.2, 0.25) is 0 Å². The molecule has 10 heteroatoms. The summed E-state index contributed by atoms with van der Waals surface area (Å²) in [6.45, 7) is 8.78. The molecule has 3 aliphatic rings. The molecule has 2 aliphatic heterocycles. The van der Waals surface area contributed by atoms with Crippen LogP contribution in [0.1, 0.15) is 71.3 Å². The van der Waals surface area contributed by atoms with Crippen molar-refractivity contribution in [1.29, 1.82) is 0 Å². The molecule has 1 aliphatic carbocycles. The Labute approximate surface area is 261 Å². The third-order valence-corrected chi connectivity index (χ3v) is 10.6. The van der Waals surface area contributed by atoms with Crippen LogP contribution in [0.4, 0.5) is 0 Å². The summed E-state index contributed by atoms with van der Waals surface area (Å²) in [5, 5.41) is 6.45. The van der Waals surface area contributed by atoms with Crippen molar-refractivity contribution < 1.29 is 19.1 Å². The van der Waals surface area contributed by atoms with E-state index < -0.39 is 24.1 Å². The second kappa shape index (κ2) is 16.7. The number of nitrogens with zero attached hydrogens (tertiary/aromatic N) is 2. The van der Waals surface area contributed by atoms with Crippen molar-refractivity contribution in [3.8, 4) is 0 Å². The molecule has 1 unspecified atom stereocenters. The van der Waals surface area contributed by atoms with Gasteiger partial charge in [0.05, 0.1) is 11.5 Å². The number of carbonyl (C=O) groups excluding carboxylic acids is 2. The Bertz CT molecular complexity index is 965. The van der Waals surface area contributed by atoms with E-state index in [1.54, 1.807) is 18.9 Å². The summed E-state index contributed by atoms with van der Waals surface area (Å²) < 4.78 is 11.8. The summed E-state index contributed by atoms with van der Waals surface area (Å²) in [5.74, 6) is 3.45. The quantitative estimate of drug-likeness (QED) is 0.308. The SMILES string of the molecule is COC(OC(C)(C)C)N1CSC[C@H]1C(=O)N[C@@H](CSCC1CCCCC1)C(=O)NC1CCN(Cc2ccccc2)CC1. The zero-order chi connectivity index (χ0) is 30.0. The number of amides is 2. The molecule has 0 aromatic heterocycles. The van der Waals surface area contributed by atoms with Gasteiger partial charge in [0.15, 0.2) is 0 Å². The second-order valence-corrected chi connectivity index (χ2v) is 15.0. The summed E-state index contributed by atoms with van der Waals surface area (Å²) >= 11 is 3.50. The van der Waals surface area contributed by atoms with Gasteiger partial charge in [-0.3, -0.25) is 14.5 Å². The Morgan fingerprint density at radius 1 is 1.07 bits per heavy atom. The van der Waals surface area contributed by atoms with Gasteiger partial charge in [0.1, 0.15) is 12.1 Å². The van der Waals surface area contributed by atoms with E-state index in [-0.39, 0.29) is 17.9 Å². The van der Waals surface area contributed by atoms with Gasteiger partial charge in [-0.1, -0.05) is 49.6 Å². The smallest absolute Gasteiger partial charge is 0.243 e. The molecular formula is C32H52N4O4S2. The molecule has 0 radical (unpaired) electrons. The minimum absolute atomic E-state index is 0.0626. The molecule has 0 bridgehead atoms. The summed E-state index contributed by atoms with van der Waals surface area (Å²) in [4.78, 5) is 31.7. The van der Waals surface area contributed by atoms with Crippen LogP contribution >= 0.6 is 23.5 Å². The average Bonchev–Trinajstić information content (AvgIpc) is 3.47. The van der Waals surface area contributed by atoms with Crippen LogP contribution in [0.15, 0.2) is 30.3 Å². The van der Waals surface area contributed by atoms with E-state index in [4.69, 9.17) is 9.47 Å². The maximum atomic E-state index is 13.7. The lowest BCUT2D eigenvalue weighted by molar-refractivity contribution is -0.252. The van der Waals surface area contributed by atoms with Crippen molar-refractivity contribution in [2.75, 3.05) is 43.3 Å². The maximum Gasteiger partial charge on any atom is 0.243 e. The zero-order valence-corrected chi connectivity index (χ0v) is 27.6. The molecule has 2 amide bonds. The zero-order valence-electron chi connectivity index (χ0n) is 26.0. The van der Waals surface area contributed by atoms with Gasteiger partial charge < -0.3 is 20.1 Å². The van der Waals surface area contributed by atoms with Crippen LogP contribution in [0.5, 0.6) is 0 Å². The summed E-state index contributed by atoms with van der Waals surface area (Å²) in [7, 11) is 1.61. The first-order chi connectivity index (χ1) is 20.2. The molecule has 1 aromatic carbocycles. The minimum Gasteiger partial charge on any atom is -0.351 e. The topological polar surface area (TPSA) is 83.1 Å². The number of likely N-dealkylation sites (tertiary alicyclic amines) is 1. The van der Waals surface area contributed by atoms with Crippen molar-refractivity contribution in [2.45, 2.75) is 102 Å². The summed E-state index contributed by atoms with van der Waals surface area (Å²) in [5.41, 5.74) is 0.907. The van der Waals surface area contributed by atoms with Gasteiger partial charge in [0, 0.05) is 44.3 Å². The lowest BCUT2D eigenvalue weighted by Crippen LogP contribution is -2.58. The number of hydrogen-bond acceptors (Lipinski definition) is 8. The first-order valence-corrected chi connectivity index (χ1v) is 18.0. The highest BCUT2D eigenvalue weighted by molar-refractivity contribution is 7.99. The van der Waals surface area contributed by atoms with Crippen molar-refractivity contribution in [3.63, 3.8) is 0 Å². The van der Waals surface area contributed by atoms with Gasteiger partial charge in [-0.25, -0.2) is 4.90 Å². The van der Waals surface area contributed by atoms with E-state index in [2.05, 4.69) is 39.8 Å². The molecule has 0 spiro atoms. The number of hydrogen-bond donors (Lipinski definition) is 2. The molecule has 2 heterocycles. The van der Waals surface area contributed by atoms with E-state index in [1.807, 2.05) is 43.5 Å². The molecular weight excluding hydrogens is 569 g/mol. The number of ether oxygens (including phenoxy) is 2.